The molecule has 6 heteroatoms. The molecule has 0 amide bonds. The Bertz CT molecular complexity index is 386. The molecule has 0 aromatic carbocycles. The SMILES string of the molecule is Cc1noc(C)c1[B-]12OCC(C)(CO1)CO2. The highest BCUT2D eigenvalue weighted by Crippen LogP contribution is 2.35. The van der Waals surface area contributed by atoms with Crippen LogP contribution in [-0.2, 0) is 14.0 Å². The maximum atomic E-state index is 5.79. The highest BCUT2D eigenvalue weighted by molar-refractivity contribution is 6.76. The second-order valence-electron chi connectivity index (χ2n) is 5.12. The minimum absolute atomic E-state index is 0.0114. The third-order valence-corrected chi connectivity index (χ3v) is 3.40. The Morgan fingerprint density at radius 3 is 2.12 bits per heavy atom. The van der Waals surface area contributed by atoms with Crippen molar-refractivity contribution in [2.45, 2.75) is 20.8 Å². The number of nitrogens with zero attached hydrogens (tertiary/aromatic N) is 1. The van der Waals surface area contributed by atoms with Gasteiger partial charge in [0.25, 0.3) is 0 Å². The lowest BCUT2D eigenvalue weighted by Gasteiger charge is -2.57. The largest absolute Gasteiger partial charge is 0.540 e. The summed E-state index contributed by atoms with van der Waals surface area (Å²) in [6.45, 7) is 6.00. The normalized spacial score (nSPS) is 37.9. The van der Waals surface area contributed by atoms with Crippen molar-refractivity contribution in [3.8, 4) is 0 Å². The minimum Gasteiger partial charge on any atom is -0.540 e. The first-order chi connectivity index (χ1) is 7.55. The van der Waals surface area contributed by atoms with E-state index in [2.05, 4.69) is 12.1 Å². The zero-order valence-electron chi connectivity index (χ0n) is 9.78. The third kappa shape index (κ3) is 1.27. The predicted molar refractivity (Wildman–Crippen MR) is 57.3 cm³/mol. The number of fused-ring (bicyclic) bond motifs is 3. The van der Waals surface area contributed by atoms with Crippen LogP contribution >= 0.6 is 0 Å². The zero-order valence-corrected chi connectivity index (χ0v) is 9.78. The molecule has 1 aromatic rings. The number of aryl methyl sites for hydroxylation is 2. The highest BCUT2D eigenvalue weighted by atomic mass is 16.8. The van der Waals surface area contributed by atoms with Gasteiger partial charge < -0.3 is 18.5 Å². The lowest BCUT2D eigenvalue weighted by atomic mass is 9.63. The van der Waals surface area contributed by atoms with Crippen LogP contribution < -0.4 is 5.46 Å². The summed E-state index contributed by atoms with van der Waals surface area (Å²) in [6.07, 6.45) is 0. The molecule has 1 aromatic heterocycles. The van der Waals surface area contributed by atoms with E-state index in [-0.39, 0.29) is 5.41 Å². The van der Waals surface area contributed by atoms with Crippen molar-refractivity contribution in [1.29, 1.82) is 0 Å². The van der Waals surface area contributed by atoms with Gasteiger partial charge in [-0.3, -0.25) is 0 Å². The van der Waals surface area contributed by atoms with E-state index < -0.39 is 6.75 Å². The van der Waals surface area contributed by atoms with Gasteiger partial charge in [-0.25, -0.2) is 0 Å². The van der Waals surface area contributed by atoms with Gasteiger partial charge in [-0.05, 0) is 13.8 Å². The first-order valence-electron chi connectivity index (χ1n) is 5.53. The van der Waals surface area contributed by atoms with Gasteiger partial charge in [-0.15, -0.1) is 0 Å². The average molecular weight is 224 g/mol. The fourth-order valence-corrected chi connectivity index (χ4v) is 2.45. The molecule has 3 saturated heterocycles. The van der Waals surface area contributed by atoms with Crippen LogP contribution in [0, 0.1) is 19.3 Å². The van der Waals surface area contributed by atoms with Crippen molar-refractivity contribution in [3.63, 3.8) is 0 Å². The summed E-state index contributed by atoms with van der Waals surface area (Å²) in [6, 6.07) is 0. The smallest absolute Gasteiger partial charge is 0.414 e. The second-order valence-corrected chi connectivity index (χ2v) is 5.12. The van der Waals surface area contributed by atoms with Crippen LogP contribution in [0.2, 0.25) is 0 Å². The van der Waals surface area contributed by atoms with Gasteiger partial charge in [0.2, 0.25) is 0 Å². The molecule has 0 saturated carbocycles. The van der Waals surface area contributed by atoms with E-state index in [4.69, 9.17) is 18.5 Å². The zero-order chi connectivity index (χ0) is 11.4. The molecule has 3 fully saturated rings. The lowest BCUT2D eigenvalue weighted by Crippen LogP contribution is -2.69. The van der Waals surface area contributed by atoms with E-state index in [1.807, 2.05) is 13.8 Å². The molecule has 3 aliphatic rings. The topological polar surface area (TPSA) is 53.7 Å². The molecule has 0 unspecified atom stereocenters. The van der Waals surface area contributed by atoms with Crippen LogP contribution in [0.15, 0.2) is 4.52 Å². The van der Waals surface area contributed by atoms with Gasteiger partial charge in [0, 0.05) is 25.2 Å². The standard InChI is InChI=1S/C10H15BNO4/c1-7-9(8(2)16-12-7)11-13-4-10(3,5-14-11)6-15-11/h4-6H2,1-3H3/q-1. The van der Waals surface area contributed by atoms with E-state index in [0.29, 0.717) is 25.6 Å². The van der Waals surface area contributed by atoms with Gasteiger partial charge in [0.05, 0.1) is 5.69 Å². The molecule has 0 radical (unpaired) electrons. The Hall–Kier alpha value is -0.845. The van der Waals surface area contributed by atoms with Crippen molar-refractivity contribution < 1.29 is 18.5 Å². The summed E-state index contributed by atoms with van der Waals surface area (Å²) in [5, 5.41) is 3.92. The fraction of sp³-hybridized carbons (Fsp3) is 0.700. The molecule has 5 nitrogen and oxygen atoms in total. The molecular formula is C10H15BNO4-. The molecule has 4 heterocycles. The van der Waals surface area contributed by atoms with E-state index in [1.165, 1.54) is 0 Å². The summed E-state index contributed by atoms with van der Waals surface area (Å²) in [7, 11) is 0. The van der Waals surface area contributed by atoms with Crippen LogP contribution in [0.1, 0.15) is 18.4 Å². The summed E-state index contributed by atoms with van der Waals surface area (Å²) in [5.41, 5.74) is 1.60. The Kier molecular flexibility index (Phi) is 1.99. The number of aromatic nitrogens is 1. The Labute approximate surface area is 94.0 Å². The second kappa shape index (κ2) is 3.09. The number of hydrogen-bond donors (Lipinski definition) is 0. The van der Waals surface area contributed by atoms with Crippen molar-refractivity contribution in [3.05, 3.63) is 11.5 Å². The van der Waals surface area contributed by atoms with Gasteiger partial charge in [-0.2, -0.15) is 0 Å². The average Bonchev–Trinajstić information content (AvgIpc) is 2.61. The van der Waals surface area contributed by atoms with Gasteiger partial charge in [-0.1, -0.05) is 17.5 Å². The Morgan fingerprint density at radius 2 is 1.69 bits per heavy atom. The van der Waals surface area contributed by atoms with Gasteiger partial charge >= 0.3 is 6.75 Å². The molecule has 0 spiro atoms. The van der Waals surface area contributed by atoms with Crippen LogP contribution in [0.5, 0.6) is 0 Å². The van der Waals surface area contributed by atoms with Crippen LogP contribution in [-0.4, -0.2) is 31.7 Å². The molecule has 16 heavy (non-hydrogen) atoms. The summed E-state index contributed by atoms with van der Waals surface area (Å²) >= 11 is 0. The summed E-state index contributed by atoms with van der Waals surface area (Å²) in [5.74, 6) is 0.711. The molecular weight excluding hydrogens is 209 g/mol. The maximum Gasteiger partial charge on any atom is 0.414 e. The summed E-state index contributed by atoms with van der Waals surface area (Å²) < 4.78 is 22.5. The Balaban J connectivity index is 2.01. The fourth-order valence-electron chi connectivity index (χ4n) is 2.45. The number of hydrogen-bond acceptors (Lipinski definition) is 5. The molecule has 0 N–H and O–H groups in total. The van der Waals surface area contributed by atoms with Crippen molar-refractivity contribution >= 4 is 12.2 Å². The van der Waals surface area contributed by atoms with Gasteiger partial charge in [0.15, 0.2) is 0 Å². The van der Waals surface area contributed by atoms with E-state index in [9.17, 15) is 0 Å². The van der Waals surface area contributed by atoms with Crippen LogP contribution in [0.3, 0.4) is 0 Å². The monoisotopic (exact) mass is 224 g/mol. The first-order valence-corrected chi connectivity index (χ1v) is 5.53. The van der Waals surface area contributed by atoms with Crippen molar-refractivity contribution in [2.75, 3.05) is 19.8 Å². The molecule has 0 aliphatic carbocycles. The van der Waals surface area contributed by atoms with Crippen LogP contribution in [0.4, 0.5) is 0 Å². The van der Waals surface area contributed by atoms with Gasteiger partial charge in [0.1, 0.15) is 5.76 Å². The third-order valence-electron chi connectivity index (χ3n) is 3.40. The van der Waals surface area contributed by atoms with Crippen LogP contribution in [0.25, 0.3) is 0 Å². The number of rotatable bonds is 1. The minimum atomic E-state index is -1.82. The quantitative estimate of drug-likeness (QED) is 0.651. The predicted octanol–water partition coefficient (Wildman–Crippen LogP) is 0.521. The molecule has 3 aliphatic heterocycles. The molecule has 88 valence electrons. The molecule has 0 atom stereocenters. The maximum absolute atomic E-state index is 5.79. The van der Waals surface area contributed by atoms with Crippen molar-refractivity contribution in [2.24, 2.45) is 5.41 Å². The first kappa shape index (κ1) is 10.3. The van der Waals surface area contributed by atoms with E-state index in [1.54, 1.807) is 0 Å². The molecule has 2 bridgehead atoms. The lowest BCUT2D eigenvalue weighted by molar-refractivity contribution is -0.119. The van der Waals surface area contributed by atoms with E-state index >= 15 is 0 Å². The Morgan fingerprint density at radius 1 is 1.12 bits per heavy atom. The molecule has 4 rings (SSSR count). The van der Waals surface area contributed by atoms with E-state index in [0.717, 1.165) is 11.2 Å². The highest BCUT2D eigenvalue weighted by Gasteiger charge is 2.49. The summed E-state index contributed by atoms with van der Waals surface area (Å²) in [4.78, 5) is 0. The van der Waals surface area contributed by atoms with Crippen molar-refractivity contribution in [1.82, 2.24) is 5.16 Å².